The molecule has 0 atom stereocenters. The number of nitrogens with zero attached hydrogens (tertiary/aromatic N) is 1. The van der Waals surface area contributed by atoms with Crippen molar-refractivity contribution < 1.29 is 0 Å². The van der Waals surface area contributed by atoms with E-state index in [1.165, 1.54) is 11.1 Å². The minimum absolute atomic E-state index is 0.186. The summed E-state index contributed by atoms with van der Waals surface area (Å²) in [4.78, 5) is 3.95. The van der Waals surface area contributed by atoms with Crippen molar-refractivity contribution in [1.82, 2.24) is 0 Å². The van der Waals surface area contributed by atoms with Crippen molar-refractivity contribution in [3.8, 4) is 0 Å². The highest BCUT2D eigenvalue weighted by Crippen LogP contribution is 2.10. The fourth-order valence-electron chi connectivity index (χ4n) is 1.53. The van der Waals surface area contributed by atoms with Gasteiger partial charge >= 0.3 is 0 Å². The summed E-state index contributed by atoms with van der Waals surface area (Å²) in [5.74, 6) is 0.186. The Labute approximate surface area is 91.2 Å². The highest BCUT2D eigenvalue weighted by Gasteiger charge is 1.96. The van der Waals surface area contributed by atoms with Gasteiger partial charge in [0.2, 0.25) is 0 Å². The van der Waals surface area contributed by atoms with Crippen LogP contribution in [0.4, 0.5) is 0 Å². The van der Waals surface area contributed by atoms with Gasteiger partial charge in [0.25, 0.3) is 0 Å². The van der Waals surface area contributed by atoms with Crippen LogP contribution in [0.1, 0.15) is 24.0 Å². The summed E-state index contributed by atoms with van der Waals surface area (Å²) < 4.78 is 0. The summed E-state index contributed by atoms with van der Waals surface area (Å²) in [6, 6.07) is 8.47. The van der Waals surface area contributed by atoms with Crippen LogP contribution in [0.25, 0.3) is 0 Å². The minimum atomic E-state index is 0.186. The van der Waals surface area contributed by atoms with Gasteiger partial charge in [0.15, 0.2) is 5.96 Å². The lowest BCUT2D eigenvalue weighted by molar-refractivity contribution is 0.742. The van der Waals surface area contributed by atoms with Gasteiger partial charge in [-0.15, -0.1) is 0 Å². The van der Waals surface area contributed by atoms with E-state index in [0.717, 1.165) is 25.8 Å². The Hall–Kier alpha value is -1.51. The highest BCUT2D eigenvalue weighted by atomic mass is 15.0. The SMILES string of the molecule is Cc1ccccc1CCCCN=C(N)N. The molecule has 0 aliphatic carbocycles. The van der Waals surface area contributed by atoms with Crippen LogP contribution in [0, 0.1) is 6.92 Å². The molecule has 0 aromatic heterocycles. The van der Waals surface area contributed by atoms with Crippen LogP contribution in [0.15, 0.2) is 29.3 Å². The quantitative estimate of drug-likeness (QED) is 0.435. The first-order chi connectivity index (χ1) is 7.20. The second-order valence-electron chi connectivity index (χ2n) is 3.69. The molecular formula is C12H19N3. The van der Waals surface area contributed by atoms with Crippen molar-refractivity contribution in [3.05, 3.63) is 35.4 Å². The van der Waals surface area contributed by atoms with Crippen LogP contribution in [-0.4, -0.2) is 12.5 Å². The first-order valence-electron chi connectivity index (χ1n) is 5.30. The van der Waals surface area contributed by atoms with Gasteiger partial charge in [-0.25, -0.2) is 0 Å². The van der Waals surface area contributed by atoms with Gasteiger partial charge in [0.05, 0.1) is 0 Å². The van der Waals surface area contributed by atoms with Gasteiger partial charge in [-0.2, -0.15) is 0 Å². The molecule has 1 aromatic rings. The molecule has 0 aliphatic rings. The third-order valence-corrected chi connectivity index (χ3v) is 2.41. The van der Waals surface area contributed by atoms with E-state index in [9.17, 15) is 0 Å². The maximum absolute atomic E-state index is 5.24. The zero-order valence-electron chi connectivity index (χ0n) is 9.24. The summed E-state index contributed by atoms with van der Waals surface area (Å²) in [5, 5.41) is 0. The third-order valence-electron chi connectivity index (χ3n) is 2.41. The number of aryl methyl sites for hydroxylation is 2. The molecule has 1 rings (SSSR count). The van der Waals surface area contributed by atoms with E-state index < -0.39 is 0 Å². The van der Waals surface area contributed by atoms with E-state index in [2.05, 4.69) is 36.2 Å². The van der Waals surface area contributed by atoms with E-state index in [1.807, 2.05) is 0 Å². The fourth-order valence-corrected chi connectivity index (χ4v) is 1.53. The lowest BCUT2D eigenvalue weighted by Gasteiger charge is -2.04. The predicted molar refractivity (Wildman–Crippen MR) is 64.8 cm³/mol. The topological polar surface area (TPSA) is 64.4 Å². The molecule has 0 amide bonds. The molecule has 82 valence electrons. The fraction of sp³-hybridized carbons (Fsp3) is 0.417. The molecule has 0 bridgehead atoms. The smallest absolute Gasteiger partial charge is 0.185 e. The third kappa shape index (κ3) is 4.49. The molecule has 0 heterocycles. The Morgan fingerprint density at radius 3 is 2.60 bits per heavy atom. The summed E-state index contributed by atoms with van der Waals surface area (Å²) in [6.45, 7) is 2.87. The average molecular weight is 205 g/mol. The van der Waals surface area contributed by atoms with Crippen LogP contribution < -0.4 is 11.5 Å². The van der Waals surface area contributed by atoms with Gasteiger partial charge in [-0.1, -0.05) is 24.3 Å². The van der Waals surface area contributed by atoms with Crippen molar-refractivity contribution in [2.75, 3.05) is 6.54 Å². The molecule has 3 nitrogen and oxygen atoms in total. The molecule has 4 N–H and O–H groups in total. The van der Waals surface area contributed by atoms with Crippen LogP contribution in [0.3, 0.4) is 0 Å². The van der Waals surface area contributed by atoms with E-state index in [-0.39, 0.29) is 5.96 Å². The summed E-state index contributed by atoms with van der Waals surface area (Å²) in [5.41, 5.74) is 13.3. The van der Waals surface area contributed by atoms with E-state index in [0.29, 0.717) is 0 Å². The standard InChI is InChI=1S/C12H19N3/c1-10-6-2-3-7-11(10)8-4-5-9-15-12(13)14/h2-3,6-7H,4-5,8-9H2,1H3,(H4,13,14,15). The summed E-state index contributed by atoms with van der Waals surface area (Å²) in [7, 11) is 0. The molecule has 3 heteroatoms. The minimum Gasteiger partial charge on any atom is -0.370 e. The molecule has 0 radical (unpaired) electrons. The summed E-state index contributed by atoms with van der Waals surface area (Å²) >= 11 is 0. The van der Waals surface area contributed by atoms with Crippen LogP contribution >= 0.6 is 0 Å². The normalized spacial score (nSPS) is 9.93. The molecule has 0 saturated carbocycles. The second kappa shape index (κ2) is 6.06. The van der Waals surface area contributed by atoms with Gasteiger partial charge in [0, 0.05) is 6.54 Å². The monoisotopic (exact) mass is 205 g/mol. The molecule has 0 saturated heterocycles. The Balaban J connectivity index is 2.26. The number of rotatable bonds is 5. The zero-order chi connectivity index (χ0) is 11.1. The molecule has 0 unspecified atom stereocenters. The first-order valence-corrected chi connectivity index (χ1v) is 5.30. The Morgan fingerprint density at radius 1 is 1.20 bits per heavy atom. The molecular weight excluding hydrogens is 186 g/mol. The summed E-state index contributed by atoms with van der Waals surface area (Å²) in [6.07, 6.45) is 3.26. The molecule has 15 heavy (non-hydrogen) atoms. The maximum Gasteiger partial charge on any atom is 0.185 e. The molecule has 1 aromatic carbocycles. The molecule has 0 aliphatic heterocycles. The average Bonchev–Trinajstić information content (AvgIpc) is 2.20. The van der Waals surface area contributed by atoms with Crippen LogP contribution in [0.5, 0.6) is 0 Å². The number of benzene rings is 1. The van der Waals surface area contributed by atoms with E-state index in [4.69, 9.17) is 11.5 Å². The number of hydrogen-bond donors (Lipinski definition) is 2. The Morgan fingerprint density at radius 2 is 1.93 bits per heavy atom. The van der Waals surface area contributed by atoms with Crippen LogP contribution in [0.2, 0.25) is 0 Å². The number of hydrogen-bond acceptors (Lipinski definition) is 1. The number of nitrogens with two attached hydrogens (primary N) is 2. The largest absolute Gasteiger partial charge is 0.370 e. The zero-order valence-corrected chi connectivity index (χ0v) is 9.24. The number of aliphatic imine (C=N–C) groups is 1. The molecule has 0 spiro atoms. The van der Waals surface area contributed by atoms with E-state index in [1.54, 1.807) is 0 Å². The van der Waals surface area contributed by atoms with Crippen molar-refractivity contribution in [2.45, 2.75) is 26.2 Å². The lowest BCUT2D eigenvalue weighted by atomic mass is 10.0. The van der Waals surface area contributed by atoms with Crippen molar-refractivity contribution in [1.29, 1.82) is 0 Å². The maximum atomic E-state index is 5.24. The van der Waals surface area contributed by atoms with Crippen molar-refractivity contribution >= 4 is 5.96 Å². The highest BCUT2D eigenvalue weighted by molar-refractivity contribution is 5.75. The first kappa shape index (κ1) is 11.6. The molecule has 0 fully saturated rings. The predicted octanol–water partition coefficient (Wildman–Crippen LogP) is 1.59. The Kier molecular flexibility index (Phi) is 4.68. The number of unbranched alkanes of at least 4 members (excludes halogenated alkanes) is 1. The van der Waals surface area contributed by atoms with Gasteiger partial charge in [-0.3, -0.25) is 4.99 Å². The lowest BCUT2D eigenvalue weighted by Crippen LogP contribution is -2.22. The van der Waals surface area contributed by atoms with Gasteiger partial charge in [-0.05, 0) is 37.3 Å². The van der Waals surface area contributed by atoms with Gasteiger partial charge in [0.1, 0.15) is 0 Å². The van der Waals surface area contributed by atoms with Crippen molar-refractivity contribution in [2.24, 2.45) is 16.5 Å². The second-order valence-corrected chi connectivity index (χ2v) is 3.69. The van der Waals surface area contributed by atoms with Crippen molar-refractivity contribution in [3.63, 3.8) is 0 Å². The Bertz CT molecular complexity index is 327. The van der Waals surface area contributed by atoms with E-state index >= 15 is 0 Å². The van der Waals surface area contributed by atoms with Gasteiger partial charge < -0.3 is 11.5 Å². The van der Waals surface area contributed by atoms with Crippen LogP contribution in [-0.2, 0) is 6.42 Å². The number of guanidine groups is 1.